The Morgan fingerprint density at radius 1 is 1.06 bits per heavy atom. The van der Waals surface area contributed by atoms with Gasteiger partial charge in [-0.3, -0.25) is 19.5 Å². The van der Waals surface area contributed by atoms with E-state index in [1.807, 2.05) is 12.1 Å². The van der Waals surface area contributed by atoms with E-state index in [2.05, 4.69) is 4.98 Å². The van der Waals surface area contributed by atoms with Crippen LogP contribution >= 0.6 is 0 Å². The molecule has 158 valence electrons. The van der Waals surface area contributed by atoms with Crippen LogP contribution in [0.2, 0.25) is 0 Å². The Labute approximate surface area is 183 Å². The summed E-state index contributed by atoms with van der Waals surface area (Å²) in [5.41, 5.74) is 1.28. The van der Waals surface area contributed by atoms with Crippen molar-refractivity contribution in [1.29, 1.82) is 0 Å². The van der Waals surface area contributed by atoms with Crippen LogP contribution in [0.1, 0.15) is 22.3 Å². The molecule has 32 heavy (non-hydrogen) atoms. The molecule has 1 aliphatic rings. The predicted molar refractivity (Wildman–Crippen MR) is 118 cm³/mol. The molecule has 7 heteroatoms. The first-order chi connectivity index (χ1) is 15.6. The molecule has 1 aliphatic heterocycles. The van der Waals surface area contributed by atoms with Gasteiger partial charge < -0.3 is 14.3 Å². The second-order valence-corrected chi connectivity index (χ2v) is 7.24. The monoisotopic (exact) mass is 426 g/mol. The first kappa shape index (κ1) is 19.6. The summed E-state index contributed by atoms with van der Waals surface area (Å²) < 4.78 is 11.2. The van der Waals surface area contributed by atoms with E-state index in [4.69, 9.17) is 9.15 Å². The molecule has 0 saturated heterocycles. The standard InChI is InChI=1S/C25H18N2O5/c1-31-19-12-5-3-10-17(19)27-22(16-9-6-7-13-26-16)21(24(29)25(27)30)23(28)20-14-15-8-2-4-11-18(15)32-20/h2-14,22,29H,1H3. The molecule has 0 fully saturated rings. The largest absolute Gasteiger partial charge is 0.503 e. The molecule has 2 aromatic carbocycles. The number of methoxy groups -OCH3 is 1. The first-order valence-electron chi connectivity index (χ1n) is 9.94. The number of ketones is 1. The van der Waals surface area contributed by atoms with E-state index in [9.17, 15) is 14.7 Å². The fourth-order valence-electron chi connectivity index (χ4n) is 3.96. The van der Waals surface area contributed by atoms with Crippen LogP contribution in [0.25, 0.3) is 11.0 Å². The third-order valence-corrected chi connectivity index (χ3v) is 5.41. The van der Waals surface area contributed by atoms with Crippen LogP contribution in [0, 0.1) is 0 Å². The number of aliphatic hydroxyl groups is 1. The highest BCUT2D eigenvalue weighted by Crippen LogP contribution is 2.44. The lowest BCUT2D eigenvalue weighted by Gasteiger charge is -2.27. The lowest BCUT2D eigenvalue weighted by atomic mass is 9.98. The quantitative estimate of drug-likeness (QED) is 0.468. The lowest BCUT2D eigenvalue weighted by molar-refractivity contribution is -0.117. The van der Waals surface area contributed by atoms with Crippen molar-refractivity contribution < 1.29 is 23.8 Å². The molecule has 2 aromatic heterocycles. The van der Waals surface area contributed by atoms with Crippen LogP contribution < -0.4 is 9.64 Å². The molecule has 7 nitrogen and oxygen atoms in total. The van der Waals surface area contributed by atoms with Gasteiger partial charge in [0.25, 0.3) is 5.91 Å². The maximum atomic E-state index is 13.5. The Kier molecular flexibility index (Phi) is 4.71. The lowest BCUT2D eigenvalue weighted by Crippen LogP contribution is -2.31. The molecule has 0 bridgehead atoms. The summed E-state index contributed by atoms with van der Waals surface area (Å²) >= 11 is 0. The first-order valence-corrected chi connectivity index (χ1v) is 9.94. The number of pyridine rings is 1. The minimum Gasteiger partial charge on any atom is -0.503 e. The van der Waals surface area contributed by atoms with Gasteiger partial charge in [-0.15, -0.1) is 0 Å². The molecule has 4 aromatic rings. The van der Waals surface area contributed by atoms with E-state index in [-0.39, 0.29) is 11.3 Å². The minimum atomic E-state index is -0.958. The zero-order valence-corrected chi connectivity index (χ0v) is 17.1. The average Bonchev–Trinajstić information content (AvgIpc) is 3.38. The van der Waals surface area contributed by atoms with Gasteiger partial charge in [-0.1, -0.05) is 36.4 Å². The number of aromatic nitrogens is 1. The SMILES string of the molecule is COc1ccccc1N1C(=O)C(O)=C(C(=O)c2cc3ccccc3o2)C1c1ccccn1. The van der Waals surface area contributed by atoms with Crippen LogP contribution in [0.3, 0.4) is 0 Å². The average molecular weight is 426 g/mol. The van der Waals surface area contributed by atoms with Gasteiger partial charge in [0.2, 0.25) is 5.78 Å². The fourth-order valence-corrected chi connectivity index (χ4v) is 3.96. The number of hydrogen-bond donors (Lipinski definition) is 1. The number of ether oxygens (including phenoxy) is 1. The van der Waals surface area contributed by atoms with Gasteiger partial charge in [0.05, 0.1) is 24.1 Å². The summed E-state index contributed by atoms with van der Waals surface area (Å²) in [6, 6.07) is 19.9. The molecule has 1 N–H and O–H groups in total. The van der Waals surface area contributed by atoms with Crippen molar-refractivity contribution in [3.8, 4) is 5.75 Å². The Hall–Kier alpha value is -4.39. The number of Topliss-reactive ketones (excluding diaryl/α,β-unsaturated/α-hetero) is 1. The number of fused-ring (bicyclic) bond motifs is 1. The molecule has 0 aliphatic carbocycles. The van der Waals surface area contributed by atoms with Crippen molar-refractivity contribution in [2.75, 3.05) is 12.0 Å². The topological polar surface area (TPSA) is 92.9 Å². The van der Waals surface area contributed by atoms with Gasteiger partial charge in [-0.2, -0.15) is 0 Å². The number of amides is 1. The van der Waals surface area contributed by atoms with Crippen molar-refractivity contribution in [3.63, 3.8) is 0 Å². The number of benzene rings is 2. The predicted octanol–water partition coefficient (Wildman–Crippen LogP) is 4.62. The van der Waals surface area contributed by atoms with E-state index < -0.39 is 23.5 Å². The van der Waals surface area contributed by atoms with E-state index >= 15 is 0 Å². The molecule has 0 saturated carbocycles. The number of carbonyl (C=O) groups excluding carboxylic acids is 2. The summed E-state index contributed by atoms with van der Waals surface area (Å²) in [7, 11) is 1.49. The number of para-hydroxylation sites is 3. The molecule has 3 heterocycles. The van der Waals surface area contributed by atoms with E-state index in [0.29, 0.717) is 22.7 Å². The van der Waals surface area contributed by atoms with E-state index in [1.54, 1.807) is 66.9 Å². The van der Waals surface area contributed by atoms with Crippen molar-refractivity contribution in [3.05, 3.63) is 102 Å². The summed E-state index contributed by atoms with van der Waals surface area (Å²) in [5, 5.41) is 11.6. The maximum Gasteiger partial charge on any atom is 0.294 e. The molecule has 1 atom stereocenters. The Morgan fingerprint density at radius 2 is 1.81 bits per heavy atom. The van der Waals surface area contributed by atoms with Crippen molar-refractivity contribution >= 4 is 28.3 Å². The van der Waals surface area contributed by atoms with Gasteiger partial charge in [-0.05, 0) is 36.4 Å². The zero-order valence-electron chi connectivity index (χ0n) is 17.1. The minimum absolute atomic E-state index is 0.0309. The summed E-state index contributed by atoms with van der Waals surface area (Å²) in [5.74, 6) is -1.49. The number of aliphatic hydroxyl groups excluding tert-OH is 1. The third kappa shape index (κ3) is 3.02. The highest BCUT2D eigenvalue weighted by atomic mass is 16.5. The Morgan fingerprint density at radius 3 is 2.56 bits per heavy atom. The zero-order chi connectivity index (χ0) is 22.2. The van der Waals surface area contributed by atoms with Gasteiger partial charge in [-0.25, -0.2) is 0 Å². The normalized spacial score (nSPS) is 16.1. The number of carbonyl (C=O) groups is 2. The summed E-state index contributed by atoms with van der Waals surface area (Å²) in [6.45, 7) is 0. The molecule has 0 radical (unpaired) electrons. The van der Waals surface area contributed by atoms with Crippen molar-refractivity contribution in [1.82, 2.24) is 4.98 Å². The molecular weight excluding hydrogens is 408 g/mol. The van der Waals surface area contributed by atoms with Crippen LogP contribution in [0.5, 0.6) is 5.75 Å². The fraction of sp³-hybridized carbons (Fsp3) is 0.0800. The summed E-state index contributed by atoms with van der Waals surface area (Å²) in [6.07, 6.45) is 1.57. The van der Waals surface area contributed by atoms with Gasteiger partial charge in [0.1, 0.15) is 17.4 Å². The molecule has 0 spiro atoms. The molecule has 1 unspecified atom stereocenters. The number of anilines is 1. The van der Waals surface area contributed by atoms with Crippen LogP contribution in [-0.4, -0.2) is 28.9 Å². The molecule has 5 rings (SSSR count). The second kappa shape index (κ2) is 7.70. The number of nitrogens with zero attached hydrogens (tertiary/aromatic N) is 2. The third-order valence-electron chi connectivity index (χ3n) is 5.41. The van der Waals surface area contributed by atoms with Gasteiger partial charge in [0, 0.05) is 11.6 Å². The Balaban J connectivity index is 1.68. The van der Waals surface area contributed by atoms with Crippen molar-refractivity contribution in [2.45, 2.75) is 6.04 Å². The molecule has 1 amide bonds. The highest BCUT2D eigenvalue weighted by molar-refractivity contribution is 6.21. The Bertz CT molecular complexity index is 1340. The second-order valence-electron chi connectivity index (χ2n) is 7.24. The van der Waals surface area contributed by atoms with Crippen LogP contribution in [0.4, 0.5) is 5.69 Å². The number of rotatable bonds is 5. The smallest absolute Gasteiger partial charge is 0.294 e. The van der Waals surface area contributed by atoms with Gasteiger partial charge >= 0.3 is 0 Å². The molecular formula is C25H18N2O5. The van der Waals surface area contributed by atoms with Crippen LogP contribution in [0.15, 0.2) is 94.7 Å². The number of furan rings is 1. The maximum absolute atomic E-state index is 13.5. The number of hydrogen-bond acceptors (Lipinski definition) is 6. The van der Waals surface area contributed by atoms with Gasteiger partial charge in [0.15, 0.2) is 11.5 Å². The van der Waals surface area contributed by atoms with E-state index in [0.717, 1.165) is 5.39 Å². The van der Waals surface area contributed by atoms with Crippen LogP contribution in [-0.2, 0) is 4.79 Å². The highest BCUT2D eigenvalue weighted by Gasteiger charge is 2.46. The summed E-state index contributed by atoms with van der Waals surface area (Å²) in [4.78, 5) is 32.5. The van der Waals surface area contributed by atoms with Crippen molar-refractivity contribution in [2.24, 2.45) is 0 Å². The van der Waals surface area contributed by atoms with E-state index in [1.165, 1.54) is 12.0 Å².